The smallest absolute Gasteiger partial charge is 0.331 e. The van der Waals surface area contributed by atoms with Crippen molar-refractivity contribution in [3.05, 3.63) is 59.2 Å². The lowest BCUT2D eigenvalue weighted by molar-refractivity contribution is -0.144. The van der Waals surface area contributed by atoms with Gasteiger partial charge >= 0.3 is 5.97 Å². The summed E-state index contributed by atoms with van der Waals surface area (Å²) in [5, 5.41) is 9.33. The number of ether oxygens (including phenoxy) is 1. The van der Waals surface area contributed by atoms with Crippen molar-refractivity contribution in [2.75, 3.05) is 0 Å². The van der Waals surface area contributed by atoms with Crippen LogP contribution in [-0.4, -0.2) is 17.2 Å². The van der Waals surface area contributed by atoms with Crippen molar-refractivity contribution in [3.8, 4) is 5.75 Å². The first kappa shape index (κ1) is 21.0. The third-order valence-corrected chi connectivity index (χ3v) is 4.95. The van der Waals surface area contributed by atoms with E-state index in [1.54, 1.807) is 30.3 Å². The molecule has 0 saturated heterocycles. The zero-order valence-electron chi connectivity index (χ0n) is 17.0. The summed E-state index contributed by atoms with van der Waals surface area (Å²) < 4.78 is 5.81. The van der Waals surface area contributed by atoms with Crippen LogP contribution in [0.25, 0.3) is 6.08 Å². The Morgan fingerprint density at radius 2 is 1.85 bits per heavy atom. The van der Waals surface area contributed by atoms with E-state index in [1.807, 2.05) is 0 Å². The van der Waals surface area contributed by atoms with Gasteiger partial charge in [0.15, 0.2) is 0 Å². The van der Waals surface area contributed by atoms with Gasteiger partial charge in [0.1, 0.15) is 11.9 Å². The number of benzene rings is 1. The molecule has 1 N–H and O–H groups in total. The molecule has 0 amide bonds. The molecule has 1 aromatic carbocycles. The fraction of sp³-hybridized carbons (Fsp3) is 0.458. The van der Waals surface area contributed by atoms with Crippen molar-refractivity contribution >= 4 is 12.0 Å². The minimum absolute atomic E-state index is 0.0809. The van der Waals surface area contributed by atoms with Crippen LogP contribution in [0.5, 0.6) is 5.75 Å². The van der Waals surface area contributed by atoms with E-state index in [9.17, 15) is 9.90 Å². The second-order valence-corrected chi connectivity index (χ2v) is 8.40. The molecule has 0 unspecified atom stereocenters. The van der Waals surface area contributed by atoms with Gasteiger partial charge in [-0.15, -0.1) is 0 Å². The number of hydrogen-bond donors (Lipinski definition) is 1. The number of allylic oxidation sites excluding steroid dienone is 3. The fourth-order valence-corrected chi connectivity index (χ4v) is 3.35. The largest absolute Gasteiger partial charge is 0.508 e. The lowest BCUT2D eigenvalue weighted by atomic mass is 9.81. The average Bonchev–Trinajstić information content (AvgIpc) is 2.60. The maximum absolute atomic E-state index is 12.4. The Balaban J connectivity index is 2.07. The minimum Gasteiger partial charge on any atom is -0.508 e. The Labute approximate surface area is 163 Å². The SMILES string of the molecule is C/C1=C\CC(C)(C)C[C@@H](OC(=O)/C=C/c2ccc(O)cc2)C/C(C)=C/CC1. The van der Waals surface area contributed by atoms with E-state index in [4.69, 9.17) is 4.74 Å². The van der Waals surface area contributed by atoms with Gasteiger partial charge in [-0.25, -0.2) is 4.79 Å². The summed E-state index contributed by atoms with van der Waals surface area (Å²) in [6.07, 6.45) is 12.4. The van der Waals surface area contributed by atoms with E-state index >= 15 is 0 Å². The molecule has 1 aliphatic rings. The van der Waals surface area contributed by atoms with Crippen LogP contribution in [0.15, 0.2) is 53.6 Å². The van der Waals surface area contributed by atoms with Gasteiger partial charge in [-0.1, -0.05) is 49.3 Å². The van der Waals surface area contributed by atoms with E-state index in [0.29, 0.717) is 0 Å². The highest BCUT2D eigenvalue weighted by Crippen LogP contribution is 2.32. The molecule has 0 radical (unpaired) electrons. The molecule has 146 valence electrons. The molecular formula is C24H32O3. The molecule has 27 heavy (non-hydrogen) atoms. The number of esters is 1. The molecule has 1 atom stereocenters. The molecular weight excluding hydrogens is 336 g/mol. The summed E-state index contributed by atoms with van der Waals surface area (Å²) in [5.74, 6) is -0.112. The first-order valence-corrected chi connectivity index (χ1v) is 9.72. The highest BCUT2D eigenvalue weighted by atomic mass is 16.5. The molecule has 3 nitrogen and oxygen atoms in total. The van der Waals surface area contributed by atoms with Gasteiger partial charge in [-0.3, -0.25) is 0 Å². The minimum atomic E-state index is -0.321. The second kappa shape index (κ2) is 9.59. The van der Waals surface area contributed by atoms with Crippen LogP contribution < -0.4 is 0 Å². The highest BCUT2D eigenvalue weighted by Gasteiger charge is 2.25. The average molecular weight is 369 g/mol. The van der Waals surface area contributed by atoms with E-state index in [0.717, 1.165) is 37.7 Å². The van der Waals surface area contributed by atoms with Crippen LogP contribution in [0.2, 0.25) is 0 Å². The van der Waals surface area contributed by atoms with Crippen LogP contribution >= 0.6 is 0 Å². The molecule has 0 heterocycles. The fourth-order valence-electron chi connectivity index (χ4n) is 3.35. The lowest BCUT2D eigenvalue weighted by Gasteiger charge is -2.29. The van der Waals surface area contributed by atoms with Crippen molar-refractivity contribution < 1.29 is 14.6 Å². The maximum atomic E-state index is 12.4. The number of carbonyl (C=O) groups excluding carboxylic acids is 1. The number of hydrogen-bond acceptors (Lipinski definition) is 3. The number of carbonyl (C=O) groups is 1. The van der Waals surface area contributed by atoms with Gasteiger partial charge in [0.25, 0.3) is 0 Å². The Kier molecular flexibility index (Phi) is 7.46. The Morgan fingerprint density at radius 3 is 2.56 bits per heavy atom. The molecule has 0 bridgehead atoms. The summed E-state index contributed by atoms with van der Waals surface area (Å²) in [5.41, 5.74) is 3.64. The monoisotopic (exact) mass is 368 g/mol. The van der Waals surface area contributed by atoms with E-state index in [2.05, 4.69) is 39.8 Å². The normalized spacial score (nSPS) is 25.0. The second-order valence-electron chi connectivity index (χ2n) is 8.40. The quantitative estimate of drug-likeness (QED) is 0.392. The van der Waals surface area contributed by atoms with Crippen LogP contribution in [0.4, 0.5) is 0 Å². The summed E-state index contributed by atoms with van der Waals surface area (Å²) in [7, 11) is 0. The van der Waals surface area contributed by atoms with E-state index < -0.39 is 0 Å². The predicted octanol–water partition coefficient (Wildman–Crippen LogP) is 6.20. The third-order valence-electron chi connectivity index (χ3n) is 4.95. The standard InChI is InChI=1S/C24H32O3/c1-18-6-5-7-19(2)16-22(17-24(3,4)15-14-18)27-23(26)13-10-20-8-11-21(25)12-9-20/h7-14,22,25H,5-6,15-17H2,1-4H3/b13-10+,18-14+,19-7+/t22-/m0/s1. The highest BCUT2D eigenvalue weighted by molar-refractivity contribution is 5.87. The van der Waals surface area contributed by atoms with Crippen molar-refractivity contribution in [3.63, 3.8) is 0 Å². The van der Waals surface area contributed by atoms with Crippen LogP contribution in [0.3, 0.4) is 0 Å². The predicted molar refractivity (Wildman–Crippen MR) is 111 cm³/mol. The molecule has 1 aromatic rings. The lowest BCUT2D eigenvalue weighted by Crippen LogP contribution is -2.25. The maximum Gasteiger partial charge on any atom is 0.331 e. The van der Waals surface area contributed by atoms with Gasteiger partial charge in [0, 0.05) is 12.5 Å². The Morgan fingerprint density at radius 1 is 1.15 bits per heavy atom. The third kappa shape index (κ3) is 7.86. The number of rotatable bonds is 3. The summed E-state index contributed by atoms with van der Waals surface area (Å²) in [4.78, 5) is 12.4. The number of aromatic hydroxyl groups is 1. The first-order chi connectivity index (χ1) is 12.7. The van der Waals surface area contributed by atoms with Crippen molar-refractivity contribution in [1.29, 1.82) is 0 Å². The number of phenolic OH excluding ortho intramolecular Hbond substituents is 1. The molecule has 0 aromatic heterocycles. The van der Waals surface area contributed by atoms with Crippen LogP contribution in [0, 0.1) is 5.41 Å². The van der Waals surface area contributed by atoms with Gasteiger partial charge in [0.2, 0.25) is 0 Å². The van der Waals surface area contributed by atoms with Gasteiger partial charge < -0.3 is 9.84 Å². The zero-order valence-corrected chi connectivity index (χ0v) is 17.0. The summed E-state index contributed by atoms with van der Waals surface area (Å²) in [6.45, 7) is 8.79. The summed E-state index contributed by atoms with van der Waals surface area (Å²) >= 11 is 0. The van der Waals surface area contributed by atoms with Gasteiger partial charge in [0.05, 0.1) is 0 Å². The van der Waals surface area contributed by atoms with Gasteiger partial charge in [-0.05, 0) is 68.7 Å². The molecule has 3 heteroatoms. The molecule has 0 aliphatic heterocycles. The van der Waals surface area contributed by atoms with Gasteiger partial charge in [-0.2, -0.15) is 0 Å². The molecule has 2 rings (SSSR count). The Hall–Kier alpha value is -2.29. The van der Waals surface area contributed by atoms with Crippen LogP contribution in [-0.2, 0) is 9.53 Å². The Bertz CT molecular complexity index is 720. The molecule has 1 aliphatic carbocycles. The zero-order chi connectivity index (χ0) is 19.9. The topological polar surface area (TPSA) is 46.5 Å². The first-order valence-electron chi connectivity index (χ1n) is 9.72. The number of phenols is 1. The van der Waals surface area contributed by atoms with Crippen molar-refractivity contribution in [1.82, 2.24) is 0 Å². The van der Waals surface area contributed by atoms with Crippen molar-refractivity contribution in [2.24, 2.45) is 5.41 Å². The van der Waals surface area contributed by atoms with E-state index in [-0.39, 0.29) is 23.2 Å². The molecule has 0 spiro atoms. The van der Waals surface area contributed by atoms with Crippen molar-refractivity contribution in [2.45, 2.75) is 65.9 Å². The van der Waals surface area contributed by atoms with Crippen LogP contribution in [0.1, 0.15) is 65.4 Å². The molecule has 0 fully saturated rings. The van der Waals surface area contributed by atoms with E-state index in [1.165, 1.54) is 17.2 Å². The molecule has 0 saturated carbocycles. The summed E-state index contributed by atoms with van der Waals surface area (Å²) in [6, 6.07) is 6.72.